The number of hydrogen-bond donors (Lipinski definition) is 2. The third kappa shape index (κ3) is 3.71. The number of aromatic amines is 1. The predicted molar refractivity (Wildman–Crippen MR) is 94.3 cm³/mol. The first-order valence-electron chi connectivity index (χ1n) is 8.21. The first-order valence-corrected chi connectivity index (χ1v) is 8.59. The summed E-state index contributed by atoms with van der Waals surface area (Å²) in [6, 6.07) is 8.23. The molecule has 3 nitrogen and oxygen atoms in total. The number of aromatic nitrogens is 2. The van der Waals surface area contributed by atoms with Crippen LogP contribution in [0.5, 0.6) is 0 Å². The van der Waals surface area contributed by atoms with Crippen molar-refractivity contribution in [1.29, 1.82) is 0 Å². The molecule has 0 bridgehead atoms. The molecule has 0 radical (unpaired) electrons. The van der Waals surface area contributed by atoms with E-state index in [1.807, 2.05) is 38.1 Å². The second kappa shape index (κ2) is 7.80. The fourth-order valence-corrected chi connectivity index (χ4v) is 3.23. The van der Waals surface area contributed by atoms with Gasteiger partial charge >= 0.3 is 0 Å². The van der Waals surface area contributed by atoms with Crippen LogP contribution in [0.4, 0.5) is 0 Å². The van der Waals surface area contributed by atoms with Gasteiger partial charge in [-0.3, -0.25) is 5.10 Å². The molecular formula is C18H26ClN3. The van der Waals surface area contributed by atoms with Crippen molar-refractivity contribution in [1.82, 2.24) is 10.2 Å². The minimum Gasteiger partial charge on any atom is -0.328 e. The fraction of sp³-hybridized carbons (Fsp3) is 0.500. The van der Waals surface area contributed by atoms with Gasteiger partial charge in [0.1, 0.15) is 0 Å². The lowest BCUT2D eigenvalue weighted by Crippen LogP contribution is -2.26. The van der Waals surface area contributed by atoms with Crippen LogP contribution in [0.2, 0.25) is 5.02 Å². The van der Waals surface area contributed by atoms with E-state index in [0.717, 1.165) is 42.0 Å². The highest BCUT2D eigenvalue weighted by Crippen LogP contribution is 2.35. The average molecular weight is 320 g/mol. The van der Waals surface area contributed by atoms with Crippen LogP contribution >= 0.6 is 11.6 Å². The maximum absolute atomic E-state index is 5.99. The molecule has 1 aromatic carbocycles. The van der Waals surface area contributed by atoms with Crippen molar-refractivity contribution in [2.24, 2.45) is 5.73 Å². The molecule has 4 heteroatoms. The first-order chi connectivity index (χ1) is 10.6. The minimum absolute atomic E-state index is 0.380. The number of nitrogens with one attached hydrogen (secondary N) is 1. The number of hydrogen-bond acceptors (Lipinski definition) is 2. The molecule has 3 N–H and O–H groups in total. The van der Waals surface area contributed by atoms with Gasteiger partial charge in [-0.25, -0.2) is 0 Å². The molecule has 0 amide bonds. The minimum atomic E-state index is 0.380. The first kappa shape index (κ1) is 17.0. The summed E-state index contributed by atoms with van der Waals surface area (Å²) in [6.07, 6.45) is 4.54. The molecular weight excluding hydrogens is 294 g/mol. The normalized spacial score (nSPS) is 21.1. The Morgan fingerprint density at radius 2 is 1.68 bits per heavy atom. The van der Waals surface area contributed by atoms with E-state index in [4.69, 9.17) is 17.3 Å². The maximum atomic E-state index is 5.99. The topological polar surface area (TPSA) is 54.7 Å². The van der Waals surface area contributed by atoms with Gasteiger partial charge in [0, 0.05) is 28.2 Å². The van der Waals surface area contributed by atoms with Gasteiger partial charge in [0.15, 0.2) is 0 Å². The zero-order valence-electron chi connectivity index (χ0n) is 13.7. The number of halogens is 1. The SMILES string of the molecule is CC.Cc1c(-c2ccc(Cl)cc2)n[nH]c1C1CCC(N)CC1. The standard InChI is InChI=1S/C16H20ClN3.C2H6/c1-10-15(11-2-6-13(17)7-3-11)19-20-16(10)12-4-8-14(18)9-5-12;1-2/h2-3,6-7,12,14H,4-5,8-9,18H2,1H3,(H,19,20);1-2H3. The van der Waals surface area contributed by atoms with Crippen molar-refractivity contribution in [2.75, 3.05) is 0 Å². The Hall–Kier alpha value is -1.32. The van der Waals surface area contributed by atoms with E-state index in [2.05, 4.69) is 17.1 Å². The fourth-order valence-electron chi connectivity index (χ4n) is 3.11. The average Bonchev–Trinajstić information content (AvgIpc) is 2.93. The van der Waals surface area contributed by atoms with Crippen LogP contribution in [0.25, 0.3) is 11.3 Å². The smallest absolute Gasteiger partial charge is 0.0952 e. The molecule has 22 heavy (non-hydrogen) atoms. The summed E-state index contributed by atoms with van der Waals surface area (Å²) in [5, 5.41) is 8.51. The van der Waals surface area contributed by atoms with E-state index >= 15 is 0 Å². The van der Waals surface area contributed by atoms with Gasteiger partial charge in [0.2, 0.25) is 0 Å². The highest BCUT2D eigenvalue weighted by molar-refractivity contribution is 6.30. The Balaban J connectivity index is 0.000000847. The lowest BCUT2D eigenvalue weighted by atomic mass is 9.83. The Morgan fingerprint density at radius 1 is 1.09 bits per heavy atom. The van der Waals surface area contributed by atoms with Crippen LogP contribution in [0.3, 0.4) is 0 Å². The number of nitrogens with zero attached hydrogens (tertiary/aromatic N) is 1. The summed E-state index contributed by atoms with van der Waals surface area (Å²) in [5.74, 6) is 0.573. The summed E-state index contributed by atoms with van der Waals surface area (Å²) in [6.45, 7) is 6.15. The predicted octanol–water partition coefficient (Wildman–Crippen LogP) is 5.05. The van der Waals surface area contributed by atoms with Crippen LogP contribution in [0, 0.1) is 6.92 Å². The molecule has 1 fully saturated rings. The molecule has 0 spiro atoms. The van der Waals surface area contributed by atoms with Gasteiger partial charge in [-0.1, -0.05) is 37.6 Å². The molecule has 1 aromatic heterocycles. The van der Waals surface area contributed by atoms with Crippen LogP contribution in [0.1, 0.15) is 56.7 Å². The van der Waals surface area contributed by atoms with E-state index in [9.17, 15) is 0 Å². The monoisotopic (exact) mass is 319 g/mol. The number of H-pyrrole nitrogens is 1. The largest absolute Gasteiger partial charge is 0.328 e. The van der Waals surface area contributed by atoms with Crippen molar-refractivity contribution in [2.45, 2.75) is 58.4 Å². The van der Waals surface area contributed by atoms with Gasteiger partial charge in [-0.2, -0.15) is 5.10 Å². The third-order valence-electron chi connectivity index (χ3n) is 4.35. The summed E-state index contributed by atoms with van der Waals surface area (Å²) >= 11 is 5.94. The summed E-state index contributed by atoms with van der Waals surface area (Å²) in [4.78, 5) is 0. The molecule has 0 saturated heterocycles. The molecule has 1 aliphatic carbocycles. The van der Waals surface area contributed by atoms with Crippen LogP contribution in [0.15, 0.2) is 24.3 Å². The Morgan fingerprint density at radius 3 is 2.27 bits per heavy atom. The van der Waals surface area contributed by atoms with Crippen molar-refractivity contribution < 1.29 is 0 Å². The molecule has 0 atom stereocenters. The van der Waals surface area contributed by atoms with Gasteiger partial charge in [-0.15, -0.1) is 0 Å². The summed E-state index contributed by atoms with van der Waals surface area (Å²) < 4.78 is 0. The zero-order valence-corrected chi connectivity index (χ0v) is 14.5. The highest BCUT2D eigenvalue weighted by atomic mass is 35.5. The lowest BCUT2D eigenvalue weighted by molar-refractivity contribution is 0.389. The zero-order chi connectivity index (χ0) is 16.1. The number of rotatable bonds is 2. The molecule has 1 aliphatic rings. The van der Waals surface area contributed by atoms with Crippen molar-refractivity contribution in [3.63, 3.8) is 0 Å². The van der Waals surface area contributed by atoms with Crippen molar-refractivity contribution >= 4 is 11.6 Å². The van der Waals surface area contributed by atoms with Crippen LogP contribution in [-0.2, 0) is 0 Å². The van der Waals surface area contributed by atoms with Gasteiger partial charge in [-0.05, 0) is 50.3 Å². The lowest BCUT2D eigenvalue weighted by Gasteiger charge is -2.25. The second-order valence-corrected chi connectivity index (χ2v) is 6.17. The van der Waals surface area contributed by atoms with Gasteiger partial charge < -0.3 is 5.73 Å². The van der Waals surface area contributed by atoms with E-state index < -0.39 is 0 Å². The molecule has 1 saturated carbocycles. The van der Waals surface area contributed by atoms with E-state index in [1.165, 1.54) is 11.3 Å². The van der Waals surface area contributed by atoms with Crippen molar-refractivity contribution in [3.05, 3.63) is 40.5 Å². The Bertz CT molecular complexity index is 581. The quantitative estimate of drug-likeness (QED) is 0.813. The summed E-state index contributed by atoms with van der Waals surface area (Å²) in [5.41, 5.74) is 10.7. The number of benzene rings is 1. The Labute approximate surface area is 138 Å². The highest BCUT2D eigenvalue weighted by Gasteiger charge is 2.24. The van der Waals surface area contributed by atoms with E-state index in [1.54, 1.807) is 0 Å². The molecule has 0 aliphatic heterocycles. The van der Waals surface area contributed by atoms with Crippen molar-refractivity contribution in [3.8, 4) is 11.3 Å². The van der Waals surface area contributed by atoms with Gasteiger partial charge in [0.25, 0.3) is 0 Å². The maximum Gasteiger partial charge on any atom is 0.0952 e. The molecule has 120 valence electrons. The van der Waals surface area contributed by atoms with Crippen LogP contribution in [-0.4, -0.2) is 16.2 Å². The Kier molecular flexibility index (Phi) is 6.04. The molecule has 2 aromatic rings. The molecule has 0 unspecified atom stereocenters. The molecule has 1 heterocycles. The van der Waals surface area contributed by atoms with Gasteiger partial charge in [0.05, 0.1) is 5.69 Å². The molecule has 3 rings (SSSR count). The van der Waals surface area contributed by atoms with Crippen LogP contribution < -0.4 is 5.73 Å². The van der Waals surface area contributed by atoms with E-state index in [0.29, 0.717) is 12.0 Å². The van der Waals surface area contributed by atoms with E-state index in [-0.39, 0.29) is 0 Å². The summed E-state index contributed by atoms with van der Waals surface area (Å²) in [7, 11) is 0. The third-order valence-corrected chi connectivity index (χ3v) is 4.60. The number of nitrogens with two attached hydrogens (primary N) is 1. The second-order valence-electron chi connectivity index (χ2n) is 5.73.